The number of benzene rings is 3. The van der Waals surface area contributed by atoms with Gasteiger partial charge in [0.05, 0.1) is 22.0 Å². The summed E-state index contributed by atoms with van der Waals surface area (Å²) in [7, 11) is -3.97. The summed E-state index contributed by atoms with van der Waals surface area (Å²) in [4.78, 5) is 26.7. The van der Waals surface area contributed by atoms with Crippen LogP contribution in [0, 0.1) is 0 Å². The first-order valence-electron chi connectivity index (χ1n) is 10.6. The van der Waals surface area contributed by atoms with Crippen molar-refractivity contribution < 1.29 is 27.5 Å². The maximum absolute atomic E-state index is 13.0. The van der Waals surface area contributed by atoms with Crippen molar-refractivity contribution in [2.75, 3.05) is 28.3 Å². The number of amides is 2. The molecule has 0 bridgehead atoms. The van der Waals surface area contributed by atoms with E-state index < -0.39 is 15.9 Å². The van der Waals surface area contributed by atoms with Crippen molar-refractivity contribution in [3.05, 3.63) is 72.3 Å². The van der Waals surface area contributed by atoms with E-state index in [2.05, 4.69) is 10.0 Å². The van der Waals surface area contributed by atoms with Crippen LogP contribution < -0.4 is 24.4 Å². The summed E-state index contributed by atoms with van der Waals surface area (Å²) >= 11 is 0. The van der Waals surface area contributed by atoms with Crippen LogP contribution in [0.3, 0.4) is 0 Å². The van der Waals surface area contributed by atoms with E-state index in [1.807, 2.05) is 0 Å². The molecular weight excluding hydrogens is 458 g/mol. The molecule has 2 aliphatic heterocycles. The van der Waals surface area contributed by atoms with Gasteiger partial charge in [-0.15, -0.1) is 0 Å². The van der Waals surface area contributed by atoms with Gasteiger partial charge in [0.2, 0.25) is 12.7 Å². The lowest BCUT2D eigenvalue weighted by Crippen LogP contribution is -2.25. The predicted molar refractivity (Wildman–Crippen MR) is 126 cm³/mol. The first-order valence-corrected chi connectivity index (χ1v) is 12.1. The van der Waals surface area contributed by atoms with Gasteiger partial charge in [-0.2, -0.15) is 0 Å². The van der Waals surface area contributed by atoms with Crippen molar-refractivity contribution >= 4 is 38.9 Å². The van der Waals surface area contributed by atoms with E-state index in [-0.39, 0.29) is 23.2 Å². The summed E-state index contributed by atoms with van der Waals surface area (Å²) in [6, 6.07) is 17.5. The van der Waals surface area contributed by atoms with Gasteiger partial charge in [0, 0.05) is 24.6 Å². The minimum absolute atomic E-state index is 0.00406. The van der Waals surface area contributed by atoms with E-state index >= 15 is 0 Å². The Labute approximate surface area is 196 Å². The number of fused-ring (bicyclic) bond motifs is 1. The monoisotopic (exact) mass is 479 g/mol. The molecule has 0 atom stereocenters. The van der Waals surface area contributed by atoms with Crippen molar-refractivity contribution in [2.45, 2.75) is 17.7 Å². The van der Waals surface area contributed by atoms with Gasteiger partial charge >= 0.3 is 0 Å². The quantitative estimate of drug-likeness (QED) is 0.559. The number of sulfonamides is 1. The predicted octanol–water partition coefficient (Wildman–Crippen LogP) is 3.60. The molecule has 0 saturated carbocycles. The fraction of sp³-hybridized carbons (Fsp3) is 0.167. The molecule has 0 aliphatic carbocycles. The second kappa shape index (κ2) is 8.71. The molecule has 34 heavy (non-hydrogen) atoms. The number of rotatable bonds is 6. The summed E-state index contributed by atoms with van der Waals surface area (Å²) in [5.74, 6) is 0.504. The van der Waals surface area contributed by atoms with Gasteiger partial charge in [0.1, 0.15) is 0 Å². The van der Waals surface area contributed by atoms with Gasteiger partial charge in [0.25, 0.3) is 15.9 Å². The molecule has 9 nitrogen and oxygen atoms in total. The Balaban J connectivity index is 1.36. The van der Waals surface area contributed by atoms with E-state index in [0.717, 1.165) is 6.42 Å². The van der Waals surface area contributed by atoms with E-state index in [9.17, 15) is 18.0 Å². The first-order chi connectivity index (χ1) is 16.4. The third-order valence-corrected chi connectivity index (χ3v) is 6.93. The Kier molecular flexibility index (Phi) is 5.58. The minimum Gasteiger partial charge on any atom is -0.454 e. The molecule has 1 fully saturated rings. The van der Waals surface area contributed by atoms with E-state index in [1.165, 1.54) is 30.3 Å². The molecule has 2 aliphatic rings. The van der Waals surface area contributed by atoms with Crippen molar-refractivity contribution in [1.82, 2.24) is 0 Å². The molecule has 2 N–H and O–H groups in total. The highest BCUT2D eigenvalue weighted by atomic mass is 32.2. The molecule has 3 aromatic carbocycles. The summed E-state index contributed by atoms with van der Waals surface area (Å²) in [5.41, 5.74) is 1.57. The van der Waals surface area contributed by atoms with Crippen LogP contribution in [0.15, 0.2) is 71.6 Å². The SMILES string of the molecule is O=C(Nc1ccccc1N1CCCC1=O)c1cccc(S(=O)(=O)Nc2ccc3c(c2)OCO3)c1. The van der Waals surface area contributed by atoms with Gasteiger partial charge in [-0.25, -0.2) is 8.42 Å². The van der Waals surface area contributed by atoms with Crippen LogP contribution in [0.4, 0.5) is 17.1 Å². The highest BCUT2D eigenvalue weighted by Crippen LogP contribution is 2.35. The fourth-order valence-electron chi connectivity index (χ4n) is 3.89. The highest BCUT2D eigenvalue weighted by molar-refractivity contribution is 7.92. The van der Waals surface area contributed by atoms with Gasteiger partial charge in [-0.3, -0.25) is 14.3 Å². The zero-order valence-electron chi connectivity index (χ0n) is 18.0. The molecule has 174 valence electrons. The lowest BCUT2D eigenvalue weighted by atomic mass is 10.2. The average Bonchev–Trinajstić information content (AvgIpc) is 3.47. The lowest BCUT2D eigenvalue weighted by Gasteiger charge is -2.20. The summed E-state index contributed by atoms with van der Waals surface area (Å²) in [6.07, 6.45) is 1.23. The molecule has 10 heteroatoms. The number of para-hydroxylation sites is 2. The lowest BCUT2D eigenvalue weighted by molar-refractivity contribution is -0.117. The number of anilines is 3. The molecule has 0 unspecified atom stereocenters. The van der Waals surface area contributed by atoms with Crippen LogP contribution in [0.25, 0.3) is 0 Å². The molecule has 5 rings (SSSR count). The van der Waals surface area contributed by atoms with Gasteiger partial charge in [-0.1, -0.05) is 18.2 Å². The summed E-state index contributed by atoms with van der Waals surface area (Å²) in [6.45, 7) is 0.669. The Morgan fingerprint density at radius 2 is 1.76 bits per heavy atom. The third-order valence-electron chi connectivity index (χ3n) is 5.55. The minimum atomic E-state index is -3.97. The molecule has 0 aromatic heterocycles. The van der Waals surface area contributed by atoms with Gasteiger partial charge in [-0.05, 0) is 48.9 Å². The first kappa shape index (κ1) is 21.8. The molecule has 0 radical (unpaired) electrons. The molecule has 2 heterocycles. The Bertz CT molecular complexity index is 1390. The molecule has 1 saturated heterocycles. The van der Waals surface area contributed by atoms with Gasteiger partial charge < -0.3 is 19.7 Å². The van der Waals surface area contributed by atoms with E-state index in [4.69, 9.17) is 9.47 Å². The van der Waals surface area contributed by atoms with E-state index in [0.29, 0.717) is 41.5 Å². The van der Waals surface area contributed by atoms with Crippen molar-refractivity contribution in [3.63, 3.8) is 0 Å². The van der Waals surface area contributed by atoms with Crippen molar-refractivity contribution in [1.29, 1.82) is 0 Å². The summed E-state index contributed by atoms with van der Waals surface area (Å²) < 4.78 is 38.9. The van der Waals surface area contributed by atoms with Crippen molar-refractivity contribution in [2.24, 2.45) is 0 Å². The van der Waals surface area contributed by atoms with Crippen LogP contribution in [0.1, 0.15) is 23.2 Å². The fourth-order valence-corrected chi connectivity index (χ4v) is 4.99. The maximum Gasteiger partial charge on any atom is 0.261 e. The van der Waals surface area contributed by atoms with Crippen LogP contribution in [0.5, 0.6) is 11.5 Å². The standard InChI is InChI=1S/C24H21N3O6S/c28-23-9-4-12-27(23)20-8-2-1-7-19(20)25-24(29)16-5-3-6-18(13-16)34(30,31)26-17-10-11-21-22(14-17)33-15-32-21/h1-3,5-8,10-11,13-14,26H,4,9,12,15H2,(H,25,29). The number of hydrogen-bond acceptors (Lipinski definition) is 6. The molecule has 2 amide bonds. The maximum atomic E-state index is 13.0. The number of nitrogens with zero attached hydrogens (tertiary/aromatic N) is 1. The summed E-state index contributed by atoms with van der Waals surface area (Å²) in [5, 5.41) is 2.80. The van der Waals surface area contributed by atoms with Crippen LogP contribution >= 0.6 is 0 Å². The Morgan fingerprint density at radius 3 is 2.59 bits per heavy atom. The van der Waals surface area contributed by atoms with Crippen molar-refractivity contribution in [3.8, 4) is 11.5 Å². The number of ether oxygens (including phenoxy) is 2. The average molecular weight is 480 g/mol. The second-order valence-corrected chi connectivity index (χ2v) is 9.50. The molecule has 0 spiro atoms. The van der Waals surface area contributed by atoms with Crippen LogP contribution in [-0.2, 0) is 14.8 Å². The Hall–Kier alpha value is -4.05. The number of hydrogen-bond donors (Lipinski definition) is 2. The Morgan fingerprint density at radius 1 is 0.941 bits per heavy atom. The van der Waals surface area contributed by atoms with E-state index in [1.54, 1.807) is 41.3 Å². The molecule has 3 aromatic rings. The van der Waals surface area contributed by atoms with Gasteiger partial charge in [0.15, 0.2) is 11.5 Å². The largest absolute Gasteiger partial charge is 0.454 e. The number of carbonyl (C=O) groups excluding carboxylic acids is 2. The zero-order valence-corrected chi connectivity index (χ0v) is 18.8. The normalized spacial score (nSPS) is 14.8. The molecular formula is C24H21N3O6S. The smallest absolute Gasteiger partial charge is 0.261 e. The third kappa shape index (κ3) is 4.27. The number of carbonyl (C=O) groups is 2. The van der Waals surface area contributed by atoms with Crippen LogP contribution in [0.2, 0.25) is 0 Å². The van der Waals surface area contributed by atoms with Crippen LogP contribution in [-0.4, -0.2) is 33.6 Å². The highest BCUT2D eigenvalue weighted by Gasteiger charge is 2.25. The zero-order chi connectivity index (χ0) is 23.7. The second-order valence-electron chi connectivity index (χ2n) is 7.82. The topological polar surface area (TPSA) is 114 Å². The number of nitrogens with one attached hydrogen (secondary N) is 2.